The van der Waals surface area contributed by atoms with Crippen molar-refractivity contribution in [2.24, 2.45) is 5.92 Å². The molecule has 2 aromatic rings. The molecule has 0 aromatic heterocycles. The second kappa shape index (κ2) is 6.60. The van der Waals surface area contributed by atoms with Crippen LogP contribution in [-0.2, 0) is 0 Å². The van der Waals surface area contributed by atoms with Gasteiger partial charge < -0.3 is 0 Å². The summed E-state index contributed by atoms with van der Waals surface area (Å²) in [6.45, 7) is 2.27. The average Bonchev–Trinajstić information content (AvgIpc) is 2.55. The van der Waals surface area contributed by atoms with E-state index in [4.69, 9.17) is 0 Å². The fraction of sp³-hybridized carbons (Fsp3) is 0.400. The molecular weight excluding hydrogens is 278 g/mol. The van der Waals surface area contributed by atoms with E-state index in [-0.39, 0.29) is 5.56 Å². The van der Waals surface area contributed by atoms with Gasteiger partial charge in [-0.1, -0.05) is 43.7 Å². The quantitative estimate of drug-likeness (QED) is 0.622. The van der Waals surface area contributed by atoms with Crippen LogP contribution in [0, 0.1) is 17.6 Å². The number of benzene rings is 2. The third kappa shape index (κ3) is 3.06. The first-order valence-corrected chi connectivity index (χ1v) is 8.23. The summed E-state index contributed by atoms with van der Waals surface area (Å²) in [5.41, 5.74) is 1.99. The summed E-state index contributed by atoms with van der Waals surface area (Å²) in [6, 6.07) is 11.8. The molecule has 0 nitrogen and oxygen atoms in total. The molecule has 1 aliphatic carbocycles. The van der Waals surface area contributed by atoms with Crippen molar-refractivity contribution in [3.63, 3.8) is 0 Å². The van der Waals surface area contributed by atoms with Crippen molar-refractivity contribution in [1.29, 1.82) is 0 Å². The van der Waals surface area contributed by atoms with E-state index in [1.807, 2.05) is 24.3 Å². The molecule has 0 atom stereocenters. The van der Waals surface area contributed by atoms with Gasteiger partial charge in [-0.2, -0.15) is 0 Å². The van der Waals surface area contributed by atoms with Gasteiger partial charge in [-0.05, 0) is 60.8 Å². The van der Waals surface area contributed by atoms with Gasteiger partial charge in [0.2, 0.25) is 0 Å². The van der Waals surface area contributed by atoms with E-state index in [9.17, 15) is 8.78 Å². The zero-order valence-corrected chi connectivity index (χ0v) is 13.0. The molecule has 2 aromatic carbocycles. The average molecular weight is 300 g/mol. The molecule has 0 bridgehead atoms. The molecule has 1 saturated carbocycles. The van der Waals surface area contributed by atoms with Crippen molar-refractivity contribution in [1.82, 2.24) is 0 Å². The first-order chi connectivity index (χ1) is 10.7. The van der Waals surface area contributed by atoms with Gasteiger partial charge in [0.05, 0.1) is 5.56 Å². The maximum absolute atomic E-state index is 13.8. The van der Waals surface area contributed by atoms with Crippen LogP contribution in [0.3, 0.4) is 0 Å². The highest BCUT2D eigenvalue weighted by Gasteiger charge is 2.21. The number of halogens is 2. The molecule has 0 amide bonds. The summed E-state index contributed by atoms with van der Waals surface area (Å²) in [5.74, 6) is 0.470. The van der Waals surface area contributed by atoms with Gasteiger partial charge in [-0.25, -0.2) is 8.78 Å². The highest BCUT2D eigenvalue weighted by atomic mass is 19.1. The molecule has 0 N–H and O–H groups in total. The Morgan fingerprint density at radius 2 is 1.45 bits per heavy atom. The minimum absolute atomic E-state index is 0.0729. The lowest BCUT2D eigenvalue weighted by Crippen LogP contribution is -2.12. The van der Waals surface area contributed by atoms with E-state index in [1.54, 1.807) is 0 Å². The molecule has 116 valence electrons. The topological polar surface area (TPSA) is 0 Å². The van der Waals surface area contributed by atoms with Crippen LogP contribution in [0.5, 0.6) is 0 Å². The summed E-state index contributed by atoms with van der Waals surface area (Å²) in [5, 5.41) is 0. The van der Waals surface area contributed by atoms with Crippen molar-refractivity contribution in [3.8, 4) is 11.1 Å². The van der Waals surface area contributed by atoms with Crippen LogP contribution >= 0.6 is 0 Å². The largest absolute Gasteiger partial charge is 0.206 e. The fourth-order valence-corrected chi connectivity index (χ4v) is 3.60. The Balaban J connectivity index is 1.79. The number of hydrogen-bond acceptors (Lipinski definition) is 0. The number of hydrogen-bond donors (Lipinski definition) is 0. The van der Waals surface area contributed by atoms with E-state index < -0.39 is 11.6 Å². The summed E-state index contributed by atoms with van der Waals surface area (Å²) in [4.78, 5) is 0. The van der Waals surface area contributed by atoms with Gasteiger partial charge >= 0.3 is 0 Å². The zero-order chi connectivity index (χ0) is 15.5. The molecule has 3 rings (SSSR count). The van der Waals surface area contributed by atoms with Gasteiger partial charge in [-0.15, -0.1) is 0 Å². The lowest BCUT2D eigenvalue weighted by Gasteiger charge is -2.28. The monoisotopic (exact) mass is 300 g/mol. The van der Waals surface area contributed by atoms with Gasteiger partial charge in [-0.3, -0.25) is 0 Å². The fourth-order valence-electron chi connectivity index (χ4n) is 3.60. The Morgan fingerprint density at radius 1 is 0.864 bits per heavy atom. The molecule has 0 radical (unpaired) electrons. The Kier molecular flexibility index (Phi) is 4.56. The minimum Gasteiger partial charge on any atom is -0.206 e. The summed E-state index contributed by atoms with van der Waals surface area (Å²) < 4.78 is 27.7. The molecule has 1 fully saturated rings. The second-order valence-corrected chi connectivity index (χ2v) is 6.34. The van der Waals surface area contributed by atoms with E-state index >= 15 is 0 Å². The van der Waals surface area contributed by atoms with Crippen LogP contribution in [-0.4, -0.2) is 0 Å². The predicted molar refractivity (Wildman–Crippen MR) is 86.8 cm³/mol. The van der Waals surface area contributed by atoms with Gasteiger partial charge in [0.25, 0.3) is 0 Å². The van der Waals surface area contributed by atoms with Gasteiger partial charge in [0, 0.05) is 0 Å². The smallest absolute Gasteiger partial charge is 0.133 e. The van der Waals surface area contributed by atoms with E-state index in [0.717, 1.165) is 5.92 Å². The maximum atomic E-state index is 13.8. The van der Waals surface area contributed by atoms with Crippen LogP contribution in [0.25, 0.3) is 11.1 Å². The molecule has 0 spiro atoms. The van der Waals surface area contributed by atoms with E-state index in [1.165, 1.54) is 55.9 Å². The van der Waals surface area contributed by atoms with Crippen LogP contribution in [0.2, 0.25) is 0 Å². The Labute approximate surface area is 131 Å². The Bertz CT molecular complexity index is 602. The van der Waals surface area contributed by atoms with Gasteiger partial charge in [0.15, 0.2) is 0 Å². The molecule has 0 aliphatic heterocycles. The van der Waals surface area contributed by atoms with Crippen molar-refractivity contribution < 1.29 is 8.78 Å². The first-order valence-electron chi connectivity index (χ1n) is 8.23. The van der Waals surface area contributed by atoms with Crippen LogP contribution in [0.1, 0.15) is 50.5 Å². The molecule has 22 heavy (non-hydrogen) atoms. The third-order valence-corrected chi connectivity index (χ3v) is 5.06. The SMILES string of the molecule is CC[C@H]1CC[C@H](c2ccc(-c3c(F)cccc3F)cc2)CC1. The normalized spacial score (nSPS) is 21.8. The van der Waals surface area contributed by atoms with E-state index in [0.29, 0.717) is 11.5 Å². The molecular formula is C20H22F2. The Hall–Kier alpha value is -1.70. The summed E-state index contributed by atoms with van der Waals surface area (Å²) in [7, 11) is 0. The summed E-state index contributed by atoms with van der Waals surface area (Å²) in [6.07, 6.45) is 6.33. The lowest BCUT2D eigenvalue weighted by atomic mass is 9.77. The molecule has 0 unspecified atom stereocenters. The first kappa shape index (κ1) is 15.2. The van der Waals surface area contributed by atoms with Crippen LogP contribution in [0.4, 0.5) is 8.78 Å². The zero-order valence-electron chi connectivity index (χ0n) is 13.0. The molecule has 2 heteroatoms. The highest BCUT2D eigenvalue weighted by molar-refractivity contribution is 5.65. The molecule has 0 heterocycles. The van der Waals surface area contributed by atoms with Crippen molar-refractivity contribution in [3.05, 3.63) is 59.7 Å². The highest BCUT2D eigenvalue weighted by Crippen LogP contribution is 2.37. The van der Waals surface area contributed by atoms with Gasteiger partial charge in [0.1, 0.15) is 11.6 Å². The minimum atomic E-state index is -0.504. The summed E-state index contributed by atoms with van der Waals surface area (Å²) >= 11 is 0. The Morgan fingerprint density at radius 3 is 2.00 bits per heavy atom. The van der Waals surface area contributed by atoms with Crippen molar-refractivity contribution in [2.45, 2.75) is 44.9 Å². The number of rotatable bonds is 3. The van der Waals surface area contributed by atoms with Crippen LogP contribution in [0.15, 0.2) is 42.5 Å². The van der Waals surface area contributed by atoms with Crippen molar-refractivity contribution in [2.75, 3.05) is 0 Å². The second-order valence-electron chi connectivity index (χ2n) is 6.34. The predicted octanol–water partition coefficient (Wildman–Crippen LogP) is 6.32. The van der Waals surface area contributed by atoms with E-state index in [2.05, 4.69) is 6.92 Å². The van der Waals surface area contributed by atoms with Crippen LogP contribution < -0.4 is 0 Å². The lowest BCUT2D eigenvalue weighted by molar-refractivity contribution is 0.319. The third-order valence-electron chi connectivity index (χ3n) is 5.06. The standard InChI is InChI=1S/C20H22F2/c1-2-14-6-8-15(9-7-14)16-10-12-17(13-11-16)20-18(21)4-3-5-19(20)22/h3-5,10-15H,2,6-9H2,1H3/t14-,15-. The molecule has 0 saturated heterocycles. The molecule has 1 aliphatic rings. The van der Waals surface area contributed by atoms with Crippen molar-refractivity contribution >= 4 is 0 Å². The maximum Gasteiger partial charge on any atom is 0.133 e.